The van der Waals surface area contributed by atoms with Gasteiger partial charge in [0.1, 0.15) is 11.4 Å². The number of nitro benzene ring substituents is 1. The molecule has 0 saturated carbocycles. The highest BCUT2D eigenvalue weighted by atomic mass is 19.1. The summed E-state index contributed by atoms with van der Waals surface area (Å²) in [5.74, 6) is -1.68. The number of amides is 1. The van der Waals surface area contributed by atoms with Crippen LogP contribution in [0, 0.1) is 22.9 Å². The summed E-state index contributed by atoms with van der Waals surface area (Å²) in [7, 11) is 0. The Balaban J connectivity index is 3.53. The summed E-state index contributed by atoms with van der Waals surface area (Å²) in [5.41, 5.74) is 3.86. The molecule has 0 saturated heterocycles. The SMILES string of the molecule is Cc1c(F)ccc(C(N)=O)c1[N+](=O)[O-]. The summed E-state index contributed by atoms with van der Waals surface area (Å²) in [4.78, 5) is 20.5. The monoisotopic (exact) mass is 198 g/mol. The van der Waals surface area contributed by atoms with Gasteiger partial charge < -0.3 is 5.73 Å². The number of nitrogens with two attached hydrogens (primary N) is 1. The van der Waals surface area contributed by atoms with Gasteiger partial charge in [0, 0.05) is 0 Å². The smallest absolute Gasteiger partial charge is 0.287 e. The van der Waals surface area contributed by atoms with Gasteiger partial charge in [-0.25, -0.2) is 4.39 Å². The van der Waals surface area contributed by atoms with Gasteiger partial charge in [-0.3, -0.25) is 14.9 Å². The van der Waals surface area contributed by atoms with Crippen LogP contribution in [0.5, 0.6) is 0 Å². The van der Waals surface area contributed by atoms with Crippen molar-refractivity contribution in [3.05, 3.63) is 39.2 Å². The topological polar surface area (TPSA) is 86.2 Å². The van der Waals surface area contributed by atoms with Crippen molar-refractivity contribution in [1.29, 1.82) is 0 Å². The number of halogens is 1. The lowest BCUT2D eigenvalue weighted by atomic mass is 10.1. The van der Waals surface area contributed by atoms with E-state index in [2.05, 4.69) is 0 Å². The normalized spacial score (nSPS) is 9.86. The van der Waals surface area contributed by atoms with Gasteiger partial charge in [-0.1, -0.05) is 0 Å². The fourth-order valence-corrected chi connectivity index (χ4v) is 1.11. The summed E-state index contributed by atoms with van der Waals surface area (Å²) in [6.07, 6.45) is 0. The summed E-state index contributed by atoms with van der Waals surface area (Å²) in [5, 5.41) is 10.5. The second-order valence-electron chi connectivity index (χ2n) is 2.69. The Labute approximate surface area is 78.5 Å². The third-order valence-electron chi connectivity index (χ3n) is 1.81. The number of nitro groups is 1. The number of benzene rings is 1. The molecule has 1 aromatic carbocycles. The molecule has 0 aliphatic carbocycles. The molecular weight excluding hydrogens is 191 g/mol. The van der Waals surface area contributed by atoms with E-state index < -0.39 is 22.3 Å². The van der Waals surface area contributed by atoms with Crippen LogP contribution < -0.4 is 5.73 Å². The van der Waals surface area contributed by atoms with Gasteiger partial charge in [-0.2, -0.15) is 0 Å². The Morgan fingerprint density at radius 2 is 2.14 bits per heavy atom. The van der Waals surface area contributed by atoms with Gasteiger partial charge in [-0.15, -0.1) is 0 Å². The minimum atomic E-state index is -0.945. The molecule has 1 aromatic rings. The molecule has 74 valence electrons. The molecule has 0 unspecified atom stereocenters. The lowest BCUT2D eigenvalue weighted by Crippen LogP contribution is -2.14. The number of hydrogen-bond donors (Lipinski definition) is 1. The fraction of sp³-hybridized carbons (Fsp3) is 0.125. The number of hydrogen-bond acceptors (Lipinski definition) is 3. The van der Waals surface area contributed by atoms with E-state index in [0.29, 0.717) is 0 Å². The van der Waals surface area contributed by atoms with Gasteiger partial charge in [0.15, 0.2) is 0 Å². The summed E-state index contributed by atoms with van der Waals surface area (Å²) >= 11 is 0. The maximum absolute atomic E-state index is 12.9. The molecule has 0 aromatic heterocycles. The molecule has 5 nitrogen and oxygen atoms in total. The van der Waals surface area contributed by atoms with E-state index >= 15 is 0 Å². The van der Waals surface area contributed by atoms with Crippen molar-refractivity contribution in [3.63, 3.8) is 0 Å². The number of nitrogens with zero attached hydrogens (tertiary/aromatic N) is 1. The van der Waals surface area contributed by atoms with Gasteiger partial charge >= 0.3 is 0 Å². The van der Waals surface area contributed by atoms with Crippen molar-refractivity contribution in [3.8, 4) is 0 Å². The maximum atomic E-state index is 12.9. The average Bonchev–Trinajstić information content (AvgIpc) is 2.08. The largest absolute Gasteiger partial charge is 0.365 e. The summed E-state index contributed by atoms with van der Waals surface area (Å²) in [6, 6.07) is 1.98. The van der Waals surface area contributed by atoms with Crippen molar-refractivity contribution in [1.82, 2.24) is 0 Å². The molecule has 1 amide bonds. The van der Waals surface area contributed by atoms with E-state index in [1.54, 1.807) is 0 Å². The van der Waals surface area contributed by atoms with Crippen LogP contribution in [0.4, 0.5) is 10.1 Å². The van der Waals surface area contributed by atoms with E-state index in [0.717, 1.165) is 12.1 Å². The summed E-state index contributed by atoms with van der Waals surface area (Å²) in [6.45, 7) is 1.22. The number of carbonyl (C=O) groups is 1. The van der Waals surface area contributed by atoms with Crippen molar-refractivity contribution in [2.75, 3.05) is 0 Å². The lowest BCUT2D eigenvalue weighted by molar-refractivity contribution is -0.385. The second-order valence-corrected chi connectivity index (χ2v) is 2.69. The molecule has 0 atom stereocenters. The van der Waals surface area contributed by atoms with Crippen LogP contribution in [0.3, 0.4) is 0 Å². The van der Waals surface area contributed by atoms with Crippen LogP contribution in [-0.4, -0.2) is 10.8 Å². The van der Waals surface area contributed by atoms with Crippen LogP contribution in [0.15, 0.2) is 12.1 Å². The Morgan fingerprint density at radius 3 is 2.57 bits per heavy atom. The highest BCUT2D eigenvalue weighted by Gasteiger charge is 2.23. The molecule has 1 rings (SSSR count). The average molecular weight is 198 g/mol. The standard InChI is InChI=1S/C8H7FN2O3/c1-4-6(9)3-2-5(8(10)12)7(4)11(13)14/h2-3H,1H3,(H2,10,12). The van der Waals surface area contributed by atoms with E-state index in [4.69, 9.17) is 5.73 Å². The van der Waals surface area contributed by atoms with Gasteiger partial charge in [-0.05, 0) is 19.1 Å². The Bertz CT molecular complexity index is 417. The predicted octanol–water partition coefficient (Wildman–Crippen LogP) is 1.14. The molecule has 2 N–H and O–H groups in total. The van der Waals surface area contributed by atoms with Crippen molar-refractivity contribution < 1.29 is 14.1 Å². The molecule has 0 radical (unpaired) electrons. The Kier molecular flexibility index (Phi) is 2.46. The number of primary amides is 1. The first-order valence-corrected chi connectivity index (χ1v) is 3.68. The molecule has 14 heavy (non-hydrogen) atoms. The van der Waals surface area contributed by atoms with E-state index in [-0.39, 0.29) is 11.1 Å². The Hall–Kier alpha value is -1.98. The zero-order valence-electron chi connectivity index (χ0n) is 7.28. The quantitative estimate of drug-likeness (QED) is 0.571. The number of rotatable bonds is 2. The Morgan fingerprint density at radius 1 is 1.57 bits per heavy atom. The van der Waals surface area contributed by atoms with Gasteiger partial charge in [0.2, 0.25) is 0 Å². The number of carbonyl (C=O) groups excluding carboxylic acids is 1. The van der Waals surface area contributed by atoms with Crippen molar-refractivity contribution in [2.45, 2.75) is 6.92 Å². The third-order valence-corrected chi connectivity index (χ3v) is 1.81. The minimum absolute atomic E-state index is 0.189. The zero-order chi connectivity index (χ0) is 10.9. The highest BCUT2D eigenvalue weighted by molar-refractivity contribution is 5.97. The van der Waals surface area contributed by atoms with Gasteiger partial charge in [0.25, 0.3) is 11.6 Å². The fourth-order valence-electron chi connectivity index (χ4n) is 1.11. The van der Waals surface area contributed by atoms with Crippen molar-refractivity contribution in [2.24, 2.45) is 5.73 Å². The molecule has 0 aliphatic rings. The molecular formula is C8H7FN2O3. The highest BCUT2D eigenvalue weighted by Crippen LogP contribution is 2.24. The third kappa shape index (κ3) is 1.54. The van der Waals surface area contributed by atoms with E-state index in [1.807, 2.05) is 0 Å². The second kappa shape index (κ2) is 3.41. The van der Waals surface area contributed by atoms with Crippen LogP contribution in [0.25, 0.3) is 0 Å². The van der Waals surface area contributed by atoms with Crippen LogP contribution in [0.1, 0.15) is 15.9 Å². The van der Waals surface area contributed by atoms with E-state index in [9.17, 15) is 19.3 Å². The zero-order valence-corrected chi connectivity index (χ0v) is 7.28. The van der Waals surface area contributed by atoms with Gasteiger partial charge in [0.05, 0.1) is 10.5 Å². The molecule has 6 heteroatoms. The first kappa shape index (κ1) is 10.1. The van der Waals surface area contributed by atoms with E-state index in [1.165, 1.54) is 6.92 Å². The predicted molar refractivity (Wildman–Crippen MR) is 46.3 cm³/mol. The van der Waals surface area contributed by atoms with Crippen LogP contribution in [0.2, 0.25) is 0 Å². The maximum Gasteiger partial charge on any atom is 0.287 e. The first-order valence-electron chi connectivity index (χ1n) is 3.68. The minimum Gasteiger partial charge on any atom is -0.365 e. The molecule has 0 fully saturated rings. The summed E-state index contributed by atoms with van der Waals surface area (Å²) < 4.78 is 12.9. The first-order chi connectivity index (χ1) is 6.45. The molecule has 0 heterocycles. The van der Waals surface area contributed by atoms with Crippen LogP contribution in [-0.2, 0) is 0 Å². The molecule has 0 aliphatic heterocycles. The van der Waals surface area contributed by atoms with Crippen molar-refractivity contribution >= 4 is 11.6 Å². The lowest BCUT2D eigenvalue weighted by Gasteiger charge is -2.02. The molecule has 0 spiro atoms. The molecule has 0 bridgehead atoms. The van der Waals surface area contributed by atoms with Crippen LogP contribution >= 0.6 is 0 Å².